The van der Waals surface area contributed by atoms with E-state index in [0.717, 1.165) is 6.42 Å². The van der Waals surface area contributed by atoms with Crippen LogP contribution >= 0.6 is 11.6 Å². The number of carbonyl (C=O) groups is 1. The summed E-state index contributed by atoms with van der Waals surface area (Å²) >= 11 is 5.65. The van der Waals surface area contributed by atoms with Crippen LogP contribution in [-0.4, -0.2) is 11.9 Å². The van der Waals surface area contributed by atoms with Crippen molar-refractivity contribution in [3.63, 3.8) is 0 Å². The Morgan fingerprint density at radius 3 is 2.81 bits per heavy atom. The lowest BCUT2D eigenvalue weighted by molar-refractivity contribution is -0.116. The van der Waals surface area contributed by atoms with Gasteiger partial charge in [0.15, 0.2) is 0 Å². The van der Waals surface area contributed by atoms with Crippen LogP contribution in [0.1, 0.15) is 19.8 Å². The average molecular weight is 245 g/mol. The van der Waals surface area contributed by atoms with Gasteiger partial charge in [0.05, 0.1) is 0 Å². The molecule has 3 nitrogen and oxygen atoms in total. The number of rotatable bonds is 4. The molecule has 0 saturated carbocycles. The fourth-order valence-corrected chi connectivity index (χ4v) is 1.44. The fourth-order valence-electron chi connectivity index (χ4n) is 1.22. The Hall–Kier alpha value is -1.13. The Morgan fingerprint density at radius 1 is 1.56 bits per heavy atom. The van der Waals surface area contributed by atoms with Gasteiger partial charge in [0, 0.05) is 23.2 Å². The molecule has 0 heterocycles. The summed E-state index contributed by atoms with van der Waals surface area (Å²) in [7, 11) is 0. The van der Waals surface area contributed by atoms with Gasteiger partial charge in [-0.25, -0.2) is 4.39 Å². The largest absolute Gasteiger partial charge is 0.327 e. The molecule has 0 radical (unpaired) electrons. The third kappa shape index (κ3) is 4.16. The zero-order valence-electron chi connectivity index (χ0n) is 8.97. The summed E-state index contributed by atoms with van der Waals surface area (Å²) in [6, 6.07) is 3.69. The van der Waals surface area contributed by atoms with Crippen LogP contribution in [-0.2, 0) is 4.79 Å². The van der Waals surface area contributed by atoms with Crippen molar-refractivity contribution in [3.8, 4) is 0 Å². The molecule has 1 amide bonds. The van der Waals surface area contributed by atoms with Crippen LogP contribution in [0.25, 0.3) is 0 Å². The van der Waals surface area contributed by atoms with Crippen LogP contribution in [0.2, 0.25) is 5.02 Å². The highest BCUT2D eigenvalue weighted by molar-refractivity contribution is 6.30. The van der Waals surface area contributed by atoms with E-state index in [1.807, 2.05) is 6.92 Å². The van der Waals surface area contributed by atoms with Crippen molar-refractivity contribution in [2.24, 2.45) is 5.73 Å². The first-order valence-electron chi connectivity index (χ1n) is 5.02. The zero-order valence-corrected chi connectivity index (χ0v) is 9.72. The first-order valence-corrected chi connectivity index (χ1v) is 5.40. The second-order valence-corrected chi connectivity index (χ2v) is 4.02. The monoisotopic (exact) mass is 244 g/mol. The Balaban J connectivity index is 2.62. The van der Waals surface area contributed by atoms with E-state index in [1.54, 1.807) is 0 Å². The number of hydrogen-bond donors (Lipinski definition) is 2. The lowest BCUT2D eigenvalue weighted by Gasteiger charge is -2.09. The minimum atomic E-state index is -0.484. The number of anilines is 1. The molecule has 0 aliphatic carbocycles. The minimum Gasteiger partial charge on any atom is -0.327 e. The molecule has 0 fully saturated rings. The molecule has 1 aromatic rings. The van der Waals surface area contributed by atoms with Gasteiger partial charge in [0.2, 0.25) is 5.91 Å². The van der Waals surface area contributed by atoms with Crippen LogP contribution < -0.4 is 11.1 Å². The second kappa shape index (κ2) is 5.82. The van der Waals surface area contributed by atoms with Crippen LogP contribution in [0.5, 0.6) is 0 Å². The molecule has 0 aromatic heterocycles. The van der Waals surface area contributed by atoms with Crippen molar-refractivity contribution in [3.05, 3.63) is 29.0 Å². The number of hydrogen-bond acceptors (Lipinski definition) is 2. The van der Waals surface area contributed by atoms with Gasteiger partial charge in [0.25, 0.3) is 0 Å². The highest BCUT2D eigenvalue weighted by Gasteiger charge is 2.08. The standard InChI is InChI=1S/C11H14ClFN2O/c1-2-9(14)6-11(16)15-10-4-7(12)3-8(13)5-10/h3-5,9H,2,6,14H2,1H3,(H,15,16). The molecular formula is C11H14ClFN2O. The molecule has 5 heteroatoms. The van der Waals surface area contributed by atoms with E-state index in [2.05, 4.69) is 5.32 Å². The maximum atomic E-state index is 12.9. The molecule has 0 aliphatic heterocycles. The quantitative estimate of drug-likeness (QED) is 0.855. The van der Waals surface area contributed by atoms with E-state index in [9.17, 15) is 9.18 Å². The van der Waals surface area contributed by atoms with Crippen LogP contribution in [0.15, 0.2) is 18.2 Å². The Bertz CT molecular complexity index is 364. The van der Waals surface area contributed by atoms with E-state index in [4.69, 9.17) is 17.3 Å². The van der Waals surface area contributed by atoms with E-state index in [1.165, 1.54) is 18.2 Å². The Kier molecular flexibility index (Phi) is 4.71. The predicted molar refractivity (Wildman–Crippen MR) is 62.9 cm³/mol. The van der Waals surface area contributed by atoms with Crippen LogP contribution in [0.4, 0.5) is 10.1 Å². The Labute approximate surface area is 98.8 Å². The molecule has 0 spiro atoms. The molecule has 1 unspecified atom stereocenters. The lowest BCUT2D eigenvalue weighted by atomic mass is 10.1. The summed E-state index contributed by atoms with van der Waals surface area (Å²) in [6.07, 6.45) is 0.932. The summed E-state index contributed by atoms with van der Waals surface area (Å²) in [6.45, 7) is 1.90. The molecule has 3 N–H and O–H groups in total. The average Bonchev–Trinajstić information content (AvgIpc) is 2.15. The van der Waals surface area contributed by atoms with E-state index >= 15 is 0 Å². The number of amides is 1. The van der Waals surface area contributed by atoms with Gasteiger partial charge in [0.1, 0.15) is 5.82 Å². The van der Waals surface area contributed by atoms with Crippen molar-refractivity contribution in [2.75, 3.05) is 5.32 Å². The topological polar surface area (TPSA) is 55.1 Å². The van der Waals surface area contributed by atoms with Crippen molar-refractivity contribution in [2.45, 2.75) is 25.8 Å². The molecule has 0 bridgehead atoms. The highest BCUT2D eigenvalue weighted by Crippen LogP contribution is 2.18. The number of halogens is 2. The summed E-state index contributed by atoms with van der Waals surface area (Å²) < 4.78 is 12.9. The van der Waals surface area contributed by atoms with Crippen molar-refractivity contribution in [1.82, 2.24) is 0 Å². The van der Waals surface area contributed by atoms with E-state index < -0.39 is 5.82 Å². The number of nitrogens with two attached hydrogens (primary N) is 1. The van der Waals surface area contributed by atoms with Gasteiger partial charge in [-0.1, -0.05) is 18.5 Å². The summed E-state index contributed by atoms with van der Waals surface area (Å²) in [5.74, 6) is -0.724. The Morgan fingerprint density at radius 2 is 2.25 bits per heavy atom. The molecule has 16 heavy (non-hydrogen) atoms. The highest BCUT2D eigenvalue weighted by atomic mass is 35.5. The summed E-state index contributed by atoms with van der Waals surface area (Å²) in [4.78, 5) is 11.4. The first-order chi connectivity index (χ1) is 7.51. The molecule has 1 aromatic carbocycles. The SMILES string of the molecule is CCC(N)CC(=O)Nc1cc(F)cc(Cl)c1. The molecule has 0 aliphatic rings. The smallest absolute Gasteiger partial charge is 0.225 e. The molecular weight excluding hydrogens is 231 g/mol. The van der Waals surface area contributed by atoms with E-state index in [0.29, 0.717) is 5.69 Å². The maximum Gasteiger partial charge on any atom is 0.225 e. The third-order valence-corrected chi connectivity index (χ3v) is 2.34. The molecule has 1 atom stereocenters. The molecule has 88 valence electrons. The fraction of sp³-hybridized carbons (Fsp3) is 0.364. The number of carbonyl (C=O) groups excluding carboxylic acids is 1. The van der Waals surface area contributed by atoms with Gasteiger partial charge < -0.3 is 11.1 Å². The van der Waals surface area contributed by atoms with Crippen molar-refractivity contribution >= 4 is 23.2 Å². The second-order valence-electron chi connectivity index (χ2n) is 3.58. The zero-order chi connectivity index (χ0) is 12.1. The number of benzene rings is 1. The number of nitrogens with one attached hydrogen (secondary N) is 1. The first kappa shape index (κ1) is 12.9. The normalized spacial score (nSPS) is 12.2. The lowest BCUT2D eigenvalue weighted by Crippen LogP contribution is -2.26. The molecule has 0 saturated heterocycles. The van der Waals surface area contributed by atoms with Gasteiger partial charge >= 0.3 is 0 Å². The maximum absolute atomic E-state index is 12.9. The van der Waals surface area contributed by atoms with Crippen LogP contribution in [0, 0.1) is 5.82 Å². The van der Waals surface area contributed by atoms with Crippen LogP contribution in [0.3, 0.4) is 0 Å². The van der Waals surface area contributed by atoms with Gasteiger partial charge in [-0.15, -0.1) is 0 Å². The summed E-state index contributed by atoms with van der Waals surface area (Å²) in [5, 5.41) is 2.79. The van der Waals surface area contributed by atoms with Gasteiger partial charge in [-0.2, -0.15) is 0 Å². The van der Waals surface area contributed by atoms with Gasteiger partial charge in [-0.05, 0) is 24.6 Å². The minimum absolute atomic E-state index is 0.177. The predicted octanol–water partition coefficient (Wildman–Crippen LogP) is 2.54. The van der Waals surface area contributed by atoms with Crippen molar-refractivity contribution < 1.29 is 9.18 Å². The van der Waals surface area contributed by atoms with E-state index in [-0.39, 0.29) is 23.4 Å². The molecule has 1 rings (SSSR count). The van der Waals surface area contributed by atoms with Gasteiger partial charge in [-0.3, -0.25) is 4.79 Å². The van der Waals surface area contributed by atoms with Crippen molar-refractivity contribution in [1.29, 1.82) is 0 Å². The summed E-state index contributed by atoms with van der Waals surface area (Å²) in [5.41, 5.74) is 5.97. The third-order valence-electron chi connectivity index (χ3n) is 2.12.